The topological polar surface area (TPSA) is 42.2 Å². The summed E-state index contributed by atoms with van der Waals surface area (Å²) < 4.78 is 1.82. The Labute approximate surface area is 96.1 Å². The minimum Gasteiger partial charge on any atom is -0.480 e. The predicted octanol–water partition coefficient (Wildman–Crippen LogP) is 3.08. The Hall–Kier alpha value is -1.25. The largest absolute Gasteiger partial charge is 0.480 e. The summed E-state index contributed by atoms with van der Waals surface area (Å²) in [6.07, 6.45) is 10.7. The molecule has 0 spiro atoms. The maximum atomic E-state index is 11.3. The molecular weight excluding hydrogens is 202 g/mol. The first-order valence-corrected chi connectivity index (χ1v) is 6.12. The molecule has 16 heavy (non-hydrogen) atoms. The summed E-state index contributed by atoms with van der Waals surface area (Å²) in [6.45, 7) is 0. The number of aliphatic carboxylic acids is 1. The molecule has 0 saturated heterocycles. The van der Waals surface area contributed by atoms with Crippen LogP contribution in [0.15, 0.2) is 24.5 Å². The summed E-state index contributed by atoms with van der Waals surface area (Å²) in [5.41, 5.74) is 0. The van der Waals surface area contributed by atoms with Gasteiger partial charge in [-0.05, 0) is 24.5 Å². The standard InChI is InChI=1S/C13H19NO2/c15-13(16)12(14-8-4-5-9-14)10-11-6-2-1-3-7-11/h4-5,8-9,11-12H,1-3,6-7,10H2,(H,15,16). The third kappa shape index (κ3) is 2.65. The Morgan fingerprint density at radius 3 is 2.44 bits per heavy atom. The van der Waals surface area contributed by atoms with Gasteiger partial charge in [0.05, 0.1) is 0 Å². The molecule has 2 rings (SSSR count). The van der Waals surface area contributed by atoms with Gasteiger partial charge in [0.2, 0.25) is 0 Å². The molecule has 1 atom stereocenters. The van der Waals surface area contributed by atoms with Gasteiger partial charge in [0.25, 0.3) is 0 Å². The summed E-state index contributed by atoms with van der Waals surface area (Å²) >= 11 is 0. The van der Waals surface area contributed by atoms with Gasteiger partial charge < -0.3 is 9.67 Å². The van der Waals surface area contributed by atoms with Crippen LogP contribution in [-0.4, -0.2) is 15.6 Å². The monoisotopic (exact) mass is 221 g/mol. The molecule has 0 radical (unpaired) electrons. The molecule has 0 aromatic carbocycles. The van der Waals surface area contributed by atoms with Crippen molar-refractivity contribution in [3.63, 3.8) is 0 Å². The van der Waals surface area contributed by atoms with Crippen molar-refractivity contribution in [3.8, 4) is 0 Å². The fourth-order valence-electron chi connectivity index (χ4n) is 2.64. The first-order valence-electron chi connectivity index (χ1n) is 6.12. The van der Waals surface area contributed by atoms with Crippen LogP contribution >= 0.6 is 0 Å². The van der Waals surface area contributed by atoms with E-state index in [4.69, 9.17) is 0 Å². The highest BCUT2D eigenvalue weighted by atomic mass is 16.4. The minimum absolute atomic E-state index is 0.377. The molecular formula is C13H19NO2. The van der Waals surface area contributed by atoms with Gasteiger partial charge in [-0.1, -0.05) is 32.1 Å². The molecule has 0 amide bonds. The second-order valence-electron chi connectivity index (χ2n) is 4.72. The van der Waals surface area contributed by atoms with Crippen molar-refractivity contribution in [1.29, 1.82) is 0 Å². The smallest absolute Gasteiger partial charge is 0.326 e. The Morgan fingerprint density at radius 1 is 1.25 bits per heavy atom. The van der Waals surface area contributed by atoms with E-state index >= 15 is 0 Å². The van der Waals surface area contributed by atoms with Gasteiger partial charge in [0.1, 0.15) is 6.04 Å². The highest BCUT2D eigenvalue weighted by molar-refractivity contribution is 5.71. The van der Waals surface area contributed by atoms with Crippen LogP contribution in [-0.2, 0) is 4.79 Å². The van der Waals surface area contributed by atoms with Crippen molar-refractivity contribution in [1.82, 2.24) is 4.57 Å². The lowest BCUT2D eigenvalue weighted by Crippen LogP contribution is -2.22. The van der Waals surface area contributed by atoms with Crippen LogP contribution in [0.4, 0.5) is 0 Å². The minimum atomic E-state index is -0.707. The predicted molar refractivity (Wildman–Crippen MR) is 62.3 cm³/mol. The Kier molecular flexibility index (Phi) is 3.65. The van der Waals surface area contributed by atoms with Crippen LogP contribution in [0.1, 0.15) is 44.6 Å². The Balaban J connectivity index is 2.00. The zero-order valence-electron chi connectivity index (χ0n) is 9.51. The zero-order valence-corrected chi connectivity index (χ0v) is 9.51. The van der Waals surface area contributed by atoms with E-state index in [0.717, 1.165) is 6.42 Å². The average molecular weight is 221 g/mol. The normalized spacial score (nSPS) is 19.5. The summed E-state index contributed by atoms with van der Waals surface area (Å²) in [4.78, 5) is 11.3. The van der Waals surface area contributed by atoms with E-state index in [1.807, 2.05) is 29.1 Å². The van der Waals surface area contributed by atoms with Gasteiger partial charge in [-0.2, -0.15) is 0 Å². The van der Waals surface area contributed by atoms with E-state index in [0.29, 0.717) is 5.92 Å². The number of aromatic nitrogens is 1. The SMILES string of the molecule is O=C(O)C(CC1CCCCC1)n1cccc1. The lowest BCUT2D eigenvalue weighted by molar-refractivity contribution is -0.141. The highest BCUT2D eigenvalue weighted by Gasteiger charge is 2.24. The molecule has 1 saturated carbocycles. The van der Waals surface area contributed by atoms with Crippen molar-refractivity contribution >= 4 is 5.97 Å². The van der Waals surface area contributed by atoms with Gasteiger partial charge in [0.15, 0.2) is 0 Å². The van der Waals surface area contributed by atoms with Crippen LogP contribution in [0.5, 0.6) is 0 Å². The van der Waals surface area contributed by atoms with E-state index in [1.54, 1.807) is 0 Å². The summed E-state index contributed by atoms with van der Waals surface area (Å²) in [6, 6.07) is 3.39. The lowest BCUT2D eigenvalue weighted by Gasteiger charge is -2.25. The van der Waals surface area contributed by atoms with E-state index in [2.05, 4.69) is 0 Å². The van der Waals surface area contributed by atoms with Crippen LogP contribution in [0, 0.1) is 5.92 Å². The zero-order chi connectivity index (χ0) is 11.4. The van der Waals surface area contributed by atoms with E-state index in [1.165, 1.54) is 32.1 Å². The molecule has 1 fully saturated rings. The van der Waals surface area contributed by atoms with Gasteiger partial charge >= 0.3 is 5.97 Å². The lowest BCUT2D eigenvalue weighted by atomic mass is 9.85. The molecule has 1 heterocycles. The fraction of sp³-hybridized carbons (Fsp3) is 0.615. The van der Waals surface area contributed by atoms with E-state index in [9.17, 15) is 9.90 Å². The van der Waals surface area contributed by atoms with Crippen LogP contribution < -0.4 is 0 Å². The molecule has 0 aliphatic heterocycles. The number of carboxylic acid groups (broad SMARTS) is 1. The van der Waals surface area contributed by atoms with E-state index < -0.39 is 5.97 Å². The maximum absolute atomic E-state index is 11.3. The highest BCUT2D eigenvalue weighted by Crippen LogP contribution is 2.30. The molecule has 1 aliphatic carbocycles. The number of hydrogen-bond acceptors (Lipinski definition) is 1. The second-order valence-corrected chi connectivity index (χ2v) is 4.72. The van der Waals surface area contributed by atoms with Crippen molar-refractivity contribution in [3.05, 3.63) is 24.5 Å². The van der Waals surface area contributed by atoms with Crippen molar-refractivity contribution in [2.24, 2.45) is 5.92 Å². The fourth-order valence-corrected chi connectivity index (χ4v) is 2.64. The number of hydrogen-bond donors (Lipinski definition) is 1. The maximum Gasteiger partial charge on any atom is 0.326 e. The van der Waals surface area contributed by atoms with Crippen LogP contribution in [0.3, 0.4) is 0 Å². The molecule has 1 aromatic rings. The van der Waals surface area contributed by atoms with Crippen molar-refractivity contribution in [2.75, 3.05) is 0 Å². The number of carbonyl (C=O) groups is 1. The van der Waals surface area contributed by atoms with Crippen LogP contribution in [0.25, 0.3) is 0 Å². The van der Waals surface area contributed by atoms with Gasteiger partial charge in [-0.25, -0.2) is 4.79 Å². The van der Waals surface area contributed by atoms with Gasteiger partial charge in [0, 0.05) is 12.4 Å². The number of rotatable bonds is 4. The van der Waals surface area contributed by atoms with Crippen LogP contribution in [0.2, 0.25) is 0 Å². The molecule has 1 unspecified atom stereocenters. The molecule has 1 aromatic heterocycles. The summed E-state index contributed by atoms with van der Waals surface area (Å²) in [7, 11) is 0. The van der Waals surface area contributed by atoms with Crippen molar-refractivity contribution in [2.45, 2.75) is 44.6 Å². The number of nitrogens with zero attached hydrogens (tertiary/aromatic N) is 1. The molecule has 0 bridgehead atoms. The summed E-state index contributed by atoms with van der Waals surface area (Å²) in [5.74, 6) is -0.112. The number of carboxylic acids is 1. The van der Waals surface area contributed by atoms with Gasteiger partial charge in [-0.3, -0.25) is 0 Å². The average Bonchev–Trinajstić information content (AvgIpc) is 2.80. The third-order valence-corrected chi connectivity index (χ3v) is 3.55. The molecule has 3 heteroatoms. The summed E-state index contributed by atoms with van der Waals surface area (Å²) in [5, 5.41) is 9.25. The Bertz CT molecular complexity index is 326. The molecule has 1 N–H and O–H groups in total. The third-order valence-electron chi connectivity index (χ3n) is 3.55. The molecule has 3 nitrogen and oxygen atoms in total. The van der Waals surface area contributed by atoms with Gasteiger partial charge in [-0.15, -0.1) is 0 Å². The van der Waals surface area contributed by atoms with Crippen molar-refractivity contribution < 1.29 is 9.90 Å². The van der Waals surface area contributed by atoms with E-state index in [-0.39, 0.29) is 6.04 Å². The quantitative estimate of drug-likeness (QED) is 0.849. The Morgan fingerprint density at radius 2 is 1.88 bits per heavy atom. The molecule has 1 aliphatic rings. The first kappa shape index (κ1) is 11.2. The molecule has 88 valence electrons. The second kappa shape index (κ2) is 5.19. The first-order chi connectivity index (χ1) is 7.77.